The summed E-state index contributed by atoms with van der Waals surface area (Å²) in [6.07, 6.45) is -4.47. The van der Waals surface area contributed by atoms with Crippen LogP contribution in [0.25, 0.3) is 21.9 Å². The first kappa shape index (κ1) is 27.7. The minimum absolute atomic E-state index is 0.000411. The lowest BCUT2D eigenvalue weighted by atomic mass is 10.0. The number of aromatic carboxylic acids is 1. The van der Waals surface area contributed by atoms with Gasteiger partial charge in [-0.25, -0.2) is 13.2 Å². The van der Waals surface area contributed by atoms with E-state index in [2.05, 4.69) is 4.72 Å². The molecular weight excluding hydrogens is 555 g/mol. The first-order valence-electron chi connectivity index (χ1n) is 12.3. The Labute approximate surface area is 233 Å². The number of hydrogen-bond donors (Lipinski definition) is 2. The van der Waals surface area contributed by atoms with E-state index < -0.39 is 27.7 Å². The van der Waals surface area contributed by atoms with Gasteiger partial charge in [0, 0.05) is 0 Å². The lowest BCUT2D eigenvalue weighted by molar-refractivity contribution is -0.137. The van der Waals surface area contributed by atoms with Gasteiger partial charge in [0.2, 0.25) is 0 Å². The largest absolute Gasteiger partial charge is 0.489 e. The number of halogens is 3. The first-order chi connectivity index (χ1) is 19.5. The Bertz CT molecular complexity index is 1850. The van der Waals surface area contributed by atoms with Gasteiger partial charge in [0.1, 0.15) is 12.4 Å². The van der Waals surface area contributed by atoms with Crippen molar-refractivity contribution in [3.63, 3.8) is 0 Å². The number of ether oxygens (including phenoxy) is 1. The van der Waals surface area contributed by atoms with E-state index in [9.17, 15) is 31.5 Å². The summed E-state index contributed by atoms with van der Waals surface area (Å²) in [6.45, 7) is 0.0253. The van der Waals surface area contributed by atoms with Crippen molar-refractivity contribution in [1.29, 1.82) is 0 Å². The summed E-state index contributed by atoms with van der Waals surface area (Å²) >= 11 is 0. The average Bonchev–Trinajstić information content (AvgIpc) is 2.96. The van der Waals surface area contributed by atoms with E-state index in [0.29, 0.717) is 16.7 Å². The van der Waals surface area contributed by atoms with Crippen LogP contribution in [0.1, 0.15) is 21.5 Å². The van der Waals surface area contributed by atoms with Gasteiger partial charge in [-0.3, -0.25) is 4.72 Å². The number of sulfonamides is 1. The van der Waals surface area contributed by atoms with Crippen molar-refractivity contribution in [3.05, 3.63) is 126 Å². The number of carbonyl (C=O) groups is 1. The number of alkyl halides is 3. The third-order valence-electron chi connectivity index (χ3n) is 6.38. The molecule has 2 N–H and O–H groups in total. The highest BCUT2D eigenvalue weighted by atomic mass is 32.2. The summed E-state index contributed by atoms with van der Waals surface area (Å²) in [4.78, 5) is 12.0. The number of hydrogen-bond acceptors (Lipinski definition) is 4. The fourth-order valence-electron chi connectivity index (χ4n) is 4.25. The van der Waals surface area contributed by atoms with Gasteiger partial charge in [-0.2, -0.15) is 13.2 Å². The van der Waals surface area contributed by atoms with Gasteiger partial charge in [0.05, 0.1) is 21.7 Å². The molecule has 0 fully saturated rings. The maximum atomic E-state index is 13.1. The molecule has 0 amide bonds. The molecule has 0 aliphatic rings. The highest BCUT2D eigenvalue weighted by Crippen LogP contribution is 2.32. The van der Waals surface area contributed by atoms with E-state index in [1.165, 1.54) is 36.4 Å². The van der Waals surface area contributed by atoms with Gasteiger partial charge in [-0.15, -0.1) is 0 Å². The Kier molecular flexibility index (Phi) is 7.42. The number of nitrogens with one attached hydrogen (secondary N) is 1. The van der Waals surface area contributed by atoms with E-state index in [4.69, 9.17) is 4.74 Å². The van der Waals surface area contributed by atoms with Crippen LogP contribution in [0.3, 0.4) is 0 Å². The van der Waals surface area contributed by atoms with Crippen molar-refractivity contribution < 1.29 is 36.2 Å². The molecule has 0 radical (unpaired) electrons. The number of carboxylic acid groups (broad SMARTS) is 1. The molecule has 0 saturated carbocycles. The molecular formula is C31H22F3NO5S. The lowest BCUT2D eigenvalue weighted by Crippen LogP contribution is -2.15. The van der Waals surface area contributed by atoms with Crippen molar-refractivity contribution in [2.75, 3.05) is 4.72 Å². The van der Waals surface area contributed by atoms with Gasteiger partial charge in [0.15, 0.2) is 0 Å². The molecule has 41 heavy (non-hydrogen) atoms. The Morgan fingerprint density at radius 3 is 2.20 bits per heavy atom. The molecule has 6 nitrogen and oxygen atoms in total. The fourth-order valence-corrected chi connectivity index (χ4v) is 5.36. The van der Waals surface area contributed by atoms with Crippen LogP contribution in [0.2, 0.25) is 0 Å². The normalized spacial score (nSPS) is 11.8. The third-order valence-corrected chi connectivity index (χ3v) is 7.74. The number of benzene rings is 5. The third kappa shape index (κ3) is 6.33. The number of fused-ring (bicyclic) bond motifs is 1. The number of carboxylic acids is 1. The lowest BCUT2D eigenvalue weighted by Gasteiger charge is -2.13. The van der Waals surface area contributed by atoms with Crippen LogP contribution in [0.15, 0.2) is 114 Å². The molecule has 0 aliphatic heterocycles. The molecule has 0 bridgehead atoms. The van der Waals surface area contributed by atoms with E-state index in [1.807, 2.05) is 12.1 Å². The second-order valence-electron chi connectivity index (χ2n) is 9.19. The molecule has 5 aromatic carbocycles. The molecule has 208 valence electrons. The average molecular weight is 578 g/mol. The zero-order valence-electron chi connectivity index (χ0n) is 21.2. The minimum Gasteiger partial charge on any atom is -0.489 e. The van der Waals surface area contributed by atoms with Crippen molar-refractivity contribution in [3.8, 4) is 16.9 Å². The standard InChI is InChI=1S/C31H22F3NO5S/c32-31(33,34)25-6-3-7-26(18-25)40-19-20-8-10-22(11-9-20)24-13-15-29(28(17-24)30(36)37)35-41(38,39)27-14-12-21-4-1-2-5-23(21)16-27/h1-18,35H,19H2,(H,36,37). The Morgan fingerprint density at radius 2 is 1.49 bits per heavy atom. The molecule has 0 aliphatic carbocycles. The Morgan fingerprint density at radius 1 is 0.780 bits per heavy atom. The quantitative estimate of drug-likeness (QED) is 0.198. The monoisotopic (exact) mass is 577 g/mol. The Balaban J connectivity index is 1.33. The van der Waals surface area contributed by atoms with Crippen molar-refractivity contribution in [2.24, 2.45) is 0 Å². The second kappa shape index (κ2) is 11.0. The Hall–Kier alpha value is -4.83. The highest BCUT2D eigenvalue weighted by Gasteiger charge is 2.30. The smallest absolute Gasteiger partial charge is 0.416 e. The van der Waals surface area contributed by atoms with Crippen LogP contribution in [-0.4, -0.2) is 19.5 Å². The van der Waals surface area contributed by atoms with Crippen molar-refractivity contribution in [2.45, 2.75) is 17.7 Å². The van der Waals surface area contributed by atoms with Crippen LogP contribution >= 0.6 is 0 Å². The van der Waals surface area contributed by atoms with Crippen LogP contribution < -0.4 is 9.46 Å². The van der Waals surface area contributed by atoms with E-state index in [0.717, 1.165) is 22.9 Å². The highest BCUT2D eigenvalue weighted by molar-refractivity contribution is 7.92. The van der Waals surface area contributed by atoms with E-state index in [-0.39, 0.29) is 28.5 Å². The van der Waals surface area contributed by atoms with E-state index >= 15 is 0 Å². The summed E-state index contributed by atoms with van der Waals surface area (Å²) in [6, 6.07) is 27.7. The molecule has 0 spiro atoms. The number of anilines is 1. The van der Waals surface area contributed by atoms with E-state index in [1.54, 1.807) is 48.5 Å². The topological polar surface area (TPSA) is 92.7 Å². The van der Waals surface area contributed by atoms with Crippen LogP contribution in [0, 0.1) is 0 Å². The summed E-state index contributed by atoms with van der Waals surface area (Å²) < 4.78 is 72.8. The number of rotatable bonds is 8. The molecule has 0 unspecified atom stereocenters. The predicted molar refractivity (Wildman–Crippen MR) is 149 cm³/mol. The van der Waals surface area contributed by atoms with Crippen LogP contribution in [-0.2, 0) is 22.8 Å². The van der Waals surface area contributed by atoms with Crippen molar-refractivity contribution in [1.82, 2.24) is 0 Å². The van der Waals surface area contributed by atoms with Gasteiger partial charge >= 0.3 is 12.1 Å². The molecule has 5 rings (SSSR count). The zero-order valence-corrected chi connectivity index (χ0v) is 22.0. The summed E-state index contributed by atoms with van der Waals surface area (Å²) in [7, 11) is -4.07. The molecule has 0 saturated heterocycles. The maximum absolute atomic E-state index is 13.1. The van der Waals surface area contributed by atoms with Crippen LogP contribution in [0.4, 0.5) is 18.9 Å². The second-order valence-corrected chi connectivity index (χ2v) is 10.9. The van der Waals surface area contributed by atoms with Gasteiger partial charge < -0.3 is 9.84 Å². The molecule has 0 atom stereocenters. The van der Waals surface area contributed by atoms with Crippen LogP contribution in [0.5, 0.6) is 5.75 Å². The minimum atomic E-state index is -4.47. The fraction of sp³-hybridized carbons (Fsp3) is 0.0645. The molecule has 10 heteroatoms. The summed E-state index contributed by atoms with van der Waals surface area (Å²) in [5, 5.41) is 11.4. The molecule has 0 heterocycles. The molecule has 0 aromatic heterocycles. The van der Waals surface area contributed by atoms with Crippen molar-refractivity contribution >= 4 is 32.5 Å². The summed E-state index contributed by atoms with van der Waals surface area (Å²) in [5.74, 6) is -1.23. The molecule has 5 aromatic rings. The van der Waals surface area contributed by atoms with Gasteiger partial charge in [0.25, 0.3) is 10.0 Å². The predicted octanol–water partition coefficient (Wildman–Crippen LogP) is 7.60. The van der Waals surface area contributed by atoms with Gasteiger partial charge in [-0.05, 0) is 69.9 Å². The maximum Gasteiger partial charge on any atom is 0.416 e. The zero-order chi connectivity index (χ0) is 29.2. The first-order valence-corrected chi connectivity index (χ1v) is 13.8. The summed E-state index contributed by atoms with van der Waals surface area (Å²) in [5.41, 5.74) is 0.747. The SMILES string of the molecule is O=C(O)c1cc(-c2ccc(COc3cccc(C(F)(F)F)c3)cc2)ccc1NS(=O)(=O)c1ccc2ccccc2c1. The van der Waals surface area contributed by atoms with Gasteiger partial charge in [-0.1, -0.05) is 66.7 Å².